The molecule has 3 N–H and O–H groups in total. The summed E-state index contributed by atoms with van der Waals surface area (Å²) in [6.07, 6.45) is 0. The number of para-hydroxylation sites is 2. The fourth-order valence-electron chi connectivity index (χ4n) is 2.51. The average Bonchev–Trinajstić information content (AvgIpc) is 3.04. The Bertz CT molecular complexity index is 883. The van der Waals surface area contributed by atoms with Crippen molar-refractivity contribution >= 4 is 22.8 Å². The molecule has 1 unspecified atom stereocenters. The third-order valence-electron chi connectivity index (χ3n) is 3.76. The summed E-state index contributed by atoms with van der Waals surface area (Å²) in [6, 6.07) is 15.7. The van der Waals surface area contributed by atoms with E-state index < -0.39 is 5.91 Å². The van der Waals surface area contributed by atoms with Crippen molar-refractivity contribution in [3.05, 3.63) is 65.9 Å². The van der Waals surface area contributed by atoms with Gasteiger partial charge in [-0.15, -0.1) is 0 Å². The van der Waals surface area contributed by atoms with Crippen LogP contribution in [0.4, 0.5) is 0 Å². The molecule has 2 amide bonds. The molecule has 3 aromatic rings. The quantitative estimate of drug-likeness (QED) is 0.722. The Labute approximate surface area is 144 Å². The van der Waals surface area contributed by atoms with Gasteiger partial charge in [0, 0.05) is 5.39 Å². The predicted molar refractivity (Wildman–Crippen MR) is 93.2 cm³/mol. The third kappa shape index (κ3) is 3.80. The minimum Gasteiger partial charge on any atom is -0.483 e. The van der Waals surface area contributed by atoms with Crippen molar-refractivity contribution in [3.63, 3.8) is 0 Å². The molecule has 0 radical (unpaired) electrons. The number of rotatable bonds is 6. The number of furan rings is 1. The average molecular weight is 338 g/mol. The minimum absolute atomic E-state index is 0.227. The molecule has 0 saturated carbocycles. The molecule has 1 heterocycles. The van der Waals surface area contributed by atoms with Crippen LogP contribution in [-0.4, -0.2) is 18.4 Å². The normalized spacial score (nSPS) is 11.9. The van der Waals surface area contributed by atoms with Crippen LogP contribution in [0.5, 0.6) is 5.75 Å². The maximum Gasteiger partial charge on any atom is 0.258 e. The van der Waals surface area contributed by atoms with Gasteiger partial charge in [-0.1, -0.05) is 30.3 Å². The molecule has 3 rings (SSSR count). The van der Waals surface area contributed by atoms with E-state index in [1.165, 1.54) is 0 Å². The molecule has 6 nitrogen and oxygen atoms in total. The first-order chi connectivity index (χ1) is 12.0. The molecule has 25 heavy (non-hydrogen) atoms. The lowest BCUT2D eigenvalue weighted by atomic mass is 10.2. The van der Waals surface area contributed by atoms with Gasteiger partial charge in [0.15, 0.2) is 6.61 Å². The van der Waals surface area contributed by atoms with Gasteiger partial charge in [-0.25, -0.2) is 0 Å². The molecule has 0 spiro atoms. The van der Waals surface area contributed by atoms with Crippen LogP contribution in [0.15, 0.2) is 59.0 Å². The number of ether oxygens (including phenoxy) is 1. The lowest BCUT2D eigenvalue weighted by molar-refractivity contribution is -0.123. The molecule has 1 atom stereocenters. The van der Waals surface area contributed by atoms with Crippen molar-refractivity contribution in [2.24, 2.45) is 5.73 Å². The van der Waals surface area contributed by atoms with Crippen LogP contribution < -0.4 is 15.8 Å². The summed E-state index contributed by atoms with van der Waals surface area (Å²) in [5.74, 6) is 0.00695. The lowest BCUT2D eigenvalue weighted by Crippen LogP contribution is -2.31. The SMILES string of the molecule is CC(NC(=O)COc1ccccc1C(N)=O)c1cc2ccccc2o1. The second-order valence-corrected chi connectivity index (χ2v) is 5.62. The van der Waals surface area contributed by atoms with Crippen molar-refractivity contribution in [1.82, 2.24) is 5.32 Å². The maximum atomic E-state index is 12.1. The van der Waals surface area contributed by atoms with Crippen molar-refractivity contribution < 1.29 is 18.7 Å². The zero-order valence-corrected chi connectivity index (χ0v) is 13.7. The Kier molecular flexibility index (Phi) is 4.70. The standard InChI is InChI=1S/C19H18N2O4/c1-12(17-10-13-6-2-4-8-15(13)25-17)21-18(22)11-24-16-9-5-3-7-14(16)19(20)23/h2-10,12H,11H2,1H3,(H2,20,23)(H,21,22). The van der Waals surface area contributed by atoms with Crippen molar-refractivity contribution in [2.45, 2.75) is 13.0 Å². The number of fused-ring (bicyclic) bond motifs is 1. The highest BCUT2D eigenvalue weighted by molar-refractivity contribution is 5.95. The molecule has 0 aliphatic carbocycles. The highest BCUT2D eigenvalue weighted by Gasteiger charge is 2.15. The van der Waals surface area contributed by atoms with Crippen molar-refractivity contribution in [2.75, 3.05) is 6.61 Å². The summed E-state index contributed by atoms with van der Waals surface area (Å²) in [6.45, 7) is 1.60. The summed E-state index contributed by atoms with van der Waals surface area (Å²) in [4.78, 5) is 23.4. The first kappa shape index (κ1) is 16.6. The molecule has 6 heteroatoms. The minimum atomic E-state index is -0.605. The van der Waals surface area contributed by atoms with Gasteiger partial charge < -0.3 is 20.2 Å². The summed E-state index contributed by atoms with van der Waals surface area (Å²) < 4.78 is 11.1. The van der Waals surface area contributed by atoms with Gasteiger partial charge in [-0.3, -0.25) is 9.59 Å². The van der Waals surface area contributed by atoms with E-state index in [4.69, 9.17) is 14.9 Å². The maximum absolute atomic E-state index is 12.1. The number of primary amides is 1. The van der Waals surface area contributed by atoms with Crippen LogP contribution >= 0.6 is 0 Å². The first-order valence-electron chi connectivity index (χ1n) is 7.84. The monoisotopic (exact) mass is 338 g/mol. The topological polar surface area (TPSA) is 94.6 Å². The summed E-state index contributed by atoms with van der Waals surface area (Å²) in [5, 5.41) is 3.78. The largest absolute Gasteiger partial charge is 0.483 e. The molecule has 0 aliphatic heterocycles. The Hall–Kier alpha value is -3.28. The predicted octanol–water partition coefficient (Wildman–Crippen LogP) is 2.79. The van der Waals surface area contributed by atoms with Crippen LogP contribution in [-0.2, 0) is 4.79 Å². The van der Waals surface area contributed by atoms with Gasteiger partial charge in [-0.05, 0) is 31.2 Å². The molecular weight excluding hydrogens is 320 g/mol. The van der Waals surface area contributed by atoms with Crippen LogP contribution in [0.1, 0.15) is 29.1 Å². The van der Waals surface area contributed by atoms with E-state index in [9.17, 15) is 9.59 Å². The molecule has 0 fully saturated rings. The highest BCUT2D eigenvalue weighted by Crippen LogP contribution is 2.23. The number of amides is 2. The molecule has 2 aromatic carbocycles. The summed E-state index contributed by atoms with van der Waals surface area (Å²) >= 11 is 0. The van der Waals surface area contributed by atoms with Gasteiger partial charge in [0.1, 0.15) is 17.1 Å². The molecule has 0 aliphatic rings. The molecule has 0 saturated heterocycles. The van der Waals surface area contributed by atoms with E-state index in [0.717, 1.165) is 11.0 Å². The zero-order chi connectivity index (χ0) is 17.8. The fraction of sp³-hybridized carbons (Fsp3) is 0.158. The van der Waals surface area contributed by atoms with Crippen LogP contribution in [0.3, 0.4) is 0 Å². The Morgan fingerprint density at radius 2 is 1.88 bits per heavy atom. The number of nitrogens with two attached hydrogens (primary N) is 1. The van der Waals surface area contributed by atoms with Gasteiger partial charge in [-0.2, -0.15) is 0 Å². The van der Waals surface area contributed by atoms with Gasteiger partial charge in [0.2, 0.25) is 0 Å². The van der Waals surface area contributed by atoms with Gasteiger partial charge in [0.25, 0.3) is 11.8 Å². The summed E-state index contributed by atoms with van der Waals surface area (Å²) in [7, 11) is 0. The molecule has 128 valence electrons. The number of hydrogen-bond acceptors (Lipinski definition) is 4. The zero-order valence-electron chi connectivity index (χ0n) is 13.7. The van der Waals surface area contributed by atoms with E-state index in [1.54, 1.807) is 24.3 Å². The molecule has 0 bridgehead atoms. The third-order valence-corrected chi connectivity index (χ3v) is 3.76. The van der Waals surface area contributed by atoms with E-state index in [-0.39, 0.29) is 29.9 Å². The smallest absolute Gasteiger partial charge is 0.258 e. The number of nitrogens with one attached hydrogen (secondary N) is 1. The Balaban J connectivity index is 1.61. The fourth-order valence-corrected chi connectivity index (χ4v) is 2.51. The first-order valence-corrected chi connectivity index (χ1v) is 7.84. The number of benzene rings is 2. The number of carbonyl (C=O) groups is 2. The van der Waals surface area contributed by atoms with E-state index in [0.29, 0.717) is 5.76 Å². The summed E-state index contributed by atoms with van der Waals surface area (Å²) in [5.41, 5.74) is 6.29. The van der Waals surface area contributed by atoms with Crippen LogP contribution in [0.2, 0.25) is 0 Å². The second kappa shape index (κ2) is 7.09. The van der Waals surface area contributed by atoms with Crippen LogP contribution in [0, 0.1) is 0 Å². The van der Waals surface area contributed by atoms with Gasteiger partial charge in [0.05, 0.1) is 11.6 Å². The lowest BCUT2D eigenvalue weighted by Gasteiger charge is -2.13. The second-order valence-electron chi connectivity index (χ2n) is 5.62. The van der Waals surface area contributed by atoms with E-state index >= 15 is 0 Å². The highest BCUT2D eigenvalue weighted by atomic mass is 16.5. The van der Waals surface area contributed by atoms with E-state index in [1.807, 2.05) is 37.3 Å². The van der Waals surface area contributed by atoms with Crippen molar-refractivity contribution in [1.29, 1.82) is 0 Å². The molecule has 1 aromatic heterocycles. The number of hydrogen-bond donors (Lipinski definition) is 2. The van der Waals surface area contributed by atoms with Gasteiger partial charge >= 0.3 is 0 Å². The van der Waals surface area contributed by atoms with E-state index in [2.05, 4.69) is 5.32 Å². The number of carbonyl (C=O) groups excluding carboxylic acids is 2. The molecular formula is C19H18N2O4. The Morgan fingerprint density at radius 3 is 2.64 bits per heavy atom. The Morgan fingerprint density at radius 1 is 1.16 bits per heavy atom. The van der Waals surface area contributed by atoms with Crippen LogP contribution in [0.25, 0.3) is 11.0 Å². The van der Waals surface area contributed by atoms with Crippen molar-refractivity contribution in [3.8, 4) is 5.75 Å².